The fourth-order valence-electron chi connectivity index (χ4n) is 7.09. The number of hydrogen-bond donors (Lipinski definition) is 0. The van der Waals surface area contributed by atoms with Crippen LogP contribution in [-0.4, -0.2) is 226 Å². The minimum atomic E-state index is -3.14. The molecule has 29 heteroatoms. The molecule has 73 heavy (non-hydrogen) atoms. The van der Waals surface area contributed by atoms with E-state index in [9.17, 15) is 61.5 Å². The maximum Gasteiger partial charge on any atom is 0.424 e. The van der Waals surface area contributed by atoms with E-state index in [0.717, 1.165) is 122 Å². The number of hydrogen-bond acceptors (Lipinski definition) is 15. The lowest BCUT2D eigenvalue weighted by Crippen LogP contribution is -2.49. The second-order valence-corrected chi connectivity index (χ2v) is 16.5. The Labute approximate surface area is 421 Å². The molecule has 0 bridgehead atoms. The highest BCUT2D eigenvalue weighted by atomic mass is 19.3. The summed E-state index contributed by atoms with van der Waals surface area (Å²) in [7, 11) is 4.02. The average Bonchev–Trinajstić information content (AvgIpc) is 4.14. The molecule has 6 heterocycles. The normalized spacial score (nSPS) is 20.8. The van der Waals surface area contributed by atoms with Gasteiger partial charge in [0.1, 0.15) is 0 Å². The molecule has 0 aromatic heterocycles. The van der Waals surface area contributed by atoms with E-state index in [0.29, 0.717) is 85.7 Å². The van der Waals surface area contributed by atoms with Crippen LogP contribution in [0.2, 0.25) is 0 Å². The van der Waals surface area contributed by atoms with Crippen LogP contribution in [0.4, 0.5) is 61.5 Å². The molecule has 6 rings (SSSR count). The van der Waals surface area contributed by atoms with Gasteiger partial charge in [0.05, 0.1) is 46.2 Å². The molecule has 440 valence electrons. The number of rotatable bonds is 16. The summed E-state index contributed by atoms with van der Waals surface area (Å²) in [6, 6.07) is 0. The van der Waals surface area contributed by atoms with Gasteiger partial charge in [0, 0.05) is 114 Å². The van der Waals surface area contributed by atoms with Crippen LogP contribution >= 0.6 is 0 Å². The molecule has 6 aliphatic rings. The number of ether oxygens (including phenoxy) is 9. The highest BCUT2D eigenvalue weighted by molar-refractivity contribution is 4.71. The van der Waals surface area contributed by atoms with Crippen molar-refractivity contribution >= 4 is 0 Å². The Morgan fingerprint density at radius 3 is 0.671 bits per heavy atom. The van der Waals surface area contributed by atoms with Crippen LogP contribution in [0.1, 0.15) is 91.9 Å². The Kier molecular flexibility index (Phi) is 35.7. The first-order valence-electron chi connectivity index (χ1n) is 24.5. The fourth-order valence-corrected chi connectivity index (χ4v) is 7.09. The first kappa shape index (κ1) is 71.4. The zero-order valence-electron chi connectivity index (χ0n) is 43.7. The summed E-state index contributed by atoms with van der Waals surface area (Å²) in [4.78, 5) is 6.26. The molecular weight excluding hydrogens is 1020 g/mol. The molecule has 0 N–H and O–H groups in total. The SMILES string of the molecule is CCOC(F)(F)N1CCCC1.CCOC(F)(F)N1CCCCC1.CCOC(F)(F)N1CCOCC1.COC(C)(F)F.COC(F)(F)N1CCCC1.COC(F)(F)N1CCCCC1.COC(F)(F)N1CCOCC1. The second kappa shape index (κ2) is 36.5. The summed E-state index contributed by atoms with van der Waals surface area (Å²) in [5.41, 5.74) is 0. The van der Waals surface area contributed by atoms with E-state index in [1.165, 1.54) is 0 Å². The first-order valence-corrected chi connectivity index (χ1v) is 24.5. The third-order valence-corrected chi connectivity index (χ3v) is 11.2. The zero-order valence-corrected chi connectivity index (χ0v) is 43.7. The van der Waals surface area contributed by atoms with Gasteiger partial charge in [-0.05, 0) is 72.1 Å². The number of alkyl halides is 14. The van der Waals surface area contributed by atoms with Gasteiger partial charge in [0.2, 0.25) is 0 Å². The van der Waals surface area contributed by atoms with Gasteiger partial charge in [0.25, 0.3) is 0 Å². The molecule has 0 saturated carbocycles. The van der Waals surface area contributed by atoms with E-state index in [-0.39, 0.29) is 46.0 Å². The molecule has 0 aromatic carbocycles. The number of methoxy groups -OCH3 is 4. The third kappa shape index (κ3) is 30.2. The third-order valence-electron chi connectivity index (χ3n) is 11.2. The molecule has 0 spiro atoms. The van der Waals surface area contributed by atoms with Gasteiger partial charge in [-0.15, -0.1) is 0 Å². The molecule has 0 unspecified atom stereocenters. The first-order chi connectivity index (χ1) is 34.1. The van der Waals surface area contributed by atoms with Crippen molar-refractivity contribution in [2.75, 3.05) is 153 Å². The number of halogens is 14. The highest BCUT2D eigenvalue weighted by Crippen LogP contribution is 2.28. The standard InChI is InChI=1S/C8H15F2NO.C7H13F2NO2.2C7H13F2NO.C6H11F2NO2.C6H11F2NO.C3H6F2O/c1-2-12-8(9,10)11-6-4-3-5-7-11;1-2-12-7(8,9)10-3-5-11-6-4-10;1-11-7(8,9)10-5-3-2-4-6-10;1-2-11-7(8,9)10-5-3-4-6-10;1-10-6(7,8)9-2-4-11-5-3-9;1-10-6(7,8)9-4-2-3-5-9;1-3(4,5)6-2/h2-7H2,1H3;2-6H2,1H3;2*2-6H2,1H3;2-5H2,1H3;2-5H2,1H3;1-2H3. The molecule has 0 amide bonds. The van der Waals surface area contributed by atoms with Crippen molar-refractivity contribution in [3.63, 3.8) is 0 Å². The maximum atomic E-state index is 13.0. The van der Waals surface area contributed by atoms with Crippen molar-refractivity contribution in [1.29, 1.82) is 0 Å². The van der Waals surface area contributed by atoms with Crippen LogP contribution in [0.15, 0.2) is 0 Å². The van der Waals surface area contributed by atoms with Crippen LogP contribution in [0.5, 0.6) is 0 Å². The lowest BCUT2D eigenvalue weighted by molar-refractivity contribution is -0.333. The van der Waals surface area contributed by atoms with Gasteiger partial charge in [-0.3, -0.25) is 0 Å². The van der Waals surface area contributed by atoms with Crippen molar-refractivity contribution < 1.29 is 104 Å². The van der Waals surface area contributed by atoms with Gasteiger partial charge < -0.3 is 42.6 Å². The summed E-state index contributed by atoms with van der Waals surface area (Å²) >= 11 is 0. The van der Waals surface area contributed by atoms with Crippen molar-refractivity contribution in [1.82, 2.24) is 29.4 Å². The Bertz CT molecular complexity index is 1280. The van der Waals surface area contributed by atoms with Gasteiger partial charge in [0.15, 0.2) is 0 Å². The lowest BCUT2D eigenvalue weighted by Gasteiger charge is -2.32. The quantitative estimate of drug-likeness (QED) is 0.108. The topological polar surface area (TPSA) is 103 Å². The smallest absolute Gasteiger partial charge is 0.379 e. The number of morpholine rings is 2. The van der Waals surface area contributed by atoms with Crippen molar-refractivity contribution in [2.24, 2.45) is 0 Å². The van der Waals surface area contributed by atoms with Gasteiger partial charge in [-0.25, -0.2) is 29.4 Å². The predicted molar refractivity (Wildman–Crippen MR) is 240 cm³/mol. The van der Waals surface area contributed by atoms with Crippen molar-refractivity contribution in [3.05, 3.63) is 0 Å². The molecule has 6 fully saturated rings. The summed E-state index contributed by atoms with van der Waals surface area (Å²) in [5.74, 6) is 0. The number of nitrogens with zero attached hydrogens (tertiary/aromatic N) is 6. The van der Waals surface area contributed by atoms with Crippen LogP contribution in [0, 0.1) is 0 Å². The number of likely N-dealkylation sites (tertiary alicyclic amines) is 4. The van der Waals surface area contributed by atoms with Crippen LogP contribution in [0.25, 0.3) is 0 Å². The van der Waals surface area contributed by atoms with E-state index in [1.54, 1.807) is 20.8 Å². The van der Waals surface area contributed by atoms with E-state index in [1.807, 2.05) is 0 Å². The Balaban J connectivity index is 0.000000835. The second-order valence-electron chi connectivity index (χ2n) is 16.5. The predicted octanol–water partition coefficient (Wildman–Crippen LogP) is 9.34. The fraction of sp³-hybridized carbons (Fsp3) is 1.00. The minimum Gasteiger partial charge on any atom is -0.379 e. The van der Waals surface area contributed by atoms with Crippen LogP contribution < -0.4 is 0 Å². The number of piperidine rings is 2. The molecule has 0 aliphatic carbocycles. The van der Waals surface area contributed by atoms with E-state index in [2.05, 4.69) is 33.2 Å². The molecule has 0 atom stereocenters. The van der Waals surface area contributed by atoms with Gasteiger partial charge in [-0.2, -0.15) is 61.5 Å². The summed E-state index contributed by atoms with van der Waals surface area (Å²) in [5, 5.41) is 0. The Hall–Kier alpha value is -1.58. The summed E-state index contributed by atoms with van der Waals surface area (Å²) < 4.78 is 215. The van der Waals surface area contributed by atoms with Gasteiger partial charge >= 0.3 is 43.5 Å². The average molecular weight is 1110 g/mol. The van der Waals surface area contributed by atoms with Crippen LogP contribution in [-0.2, 0) is 42.6 Å². The Morgan fingerprint density at radius 2 is 0.479 bits per heavy atom. The van der Waals surface area contributed by atoms with E-state index >= 15 is 0 Å². The molecular formula is C44H82F14N6O9. The largest absolute Gasteiger partial charge is 0.424 e. The van der Waals surface area contributed by atoms with Crippen LogP contribution in [0.3, 0.4) is 0 Å². The van der Waals surface area contributed by atoms with E-state index < -0.39 is 43.5 Å². The lowest BCUT2D eigenvalue weighted by atomic mass is 10.1. The highest BCUT2D eigenvalue weighted by Gasteiger charge is 2.42. The maximum absolute atomic E-state index is 13.0. The molecule has 6 aliphatic heterocycles. The van der Waals surface area contributed by atoms with Crippen molar-refractivity contribution in [3.8, 4) is 0 Å². The molecule has 0 aromatic rings. The molecule has 0 radical (unpaired) electrons. The molecule has 6 saturated heterocycles. The van der Waals surface area contributed by atoms with Gasteiger partial charge in [-0.1, -0.05) is 12.8 Å². The zero-order chi connectivity index (χ0) is 55.8. The monoisotopic (exact) mass is 1100 g/mol. The summed E-state index contributed by atoms with van der Waals surface area (Å²) in [6.45, 7) is 11.4. The Morgan fingerprint density at radius 1 is 0.301 bits per heavy atom. The molecule has 15 nitrogen and oxygen atoms in total. The van der Waals surface area contributed by atoms with E-state index in [4.69, 9.17) is 9.47 Å². The minimum absolute atomic E-state index is 0.0182. The summed E-state index contributed by atoms with van der Waals surface area (Å²) in [6.07, 6.45) is -12.5. The van der Waals surface area contributed by atoms with Crippen molar-refractivity contribution in [2.45, 2.75) is 135 Å².